The van der Waals surface area contributed by atoms with Gasteiger partial charge >= 0.3 is 5.97 Å². The lowest BCUT2D eigenvalue weighted by Gasteiger charge is -2.19. The number of carbonyl (C=O) groups is 2. The van der Waals surface area contributed by atoms with E-state index in [0.29, 0.717) is 18.8 Å². The summed E-state index contributed by atoms with van der Waals surface area (Å²) in [5, 5.41) is 27.9. The lowest BCUT2D eigenvalue weighted by molar-refractivity contribution is -0.130. The smallest absolute Gasteiger partial charge is 0.339 e. The van der Waals surface area contributed by atoms with Gasteiger partial charge in [-0.15, -0.1) is 0 Å². The Morgan fingerprint density at radius 1 is 1.00 bits per heavy atom. The summed E-state index contributed by atoms with van der Waals surface area (Å²) < 4.78 is 27.4. The van der Waals surface area contributed by atoms with Crippen LogP contribution in [0.4, 0.5) is 17.2 Å². The van der Waals surface area contributed by atoms with Crippen LogP contribution in [0.25, 0.3) is 0 Å². The molecule has 0 spiro atoms. The van der Waals surface area contributed by atoms with E-state index in [0.717, 1.165) is 6.07 Å². The first-order chi connectivity index (χ1) is 17.1. The summed E-state index contributed by atoms with van der Waals surface area (Å²) in [4.78, 5) is 29.6. The Labute approximate surface area is 208 Å². The van der Waals surface area contributed by atoms with Gasteiger partial charge in [-0.3, -0.25) is 9.52 Å². The van der Waals surface area contributed by atoms with E-state index in [1.807, 2.05) is 13.8 Å². The lowest BCUT2D eigenvalue weighted by atomic mass is 10.0. The summed E-state index contributed by atoms with van der Waals surface area (Å²) in [5.74, 6) is -1.97. The Kier molecular flexibility index (Phi) is 8.33. The average molecular weight is 512 g/mol. The second-order valence-electron chi connectivity index (χ2n) is 7.56. The maximum Gasteiger partial charge on any atom is 0.339 e. The van der Waals surface area contributed by atoms with Gasteiger partial charge in [0.2, 0.25) is 5.91 Å². The van der Waals surface area contributed by atoms with Crippen molar-refractivity contribution in [2.45, 2.75) is 25.2 Å². The number of aromatic hydroxyl groups is 1. The quantitative estimate of drug-likeness (QED) is 0.345. The molecule has 11 nitrogen and oxygen atoms in total. The van der Waals surface area contributed by atoms with Gasteiger partial charge in [-0.05, 0) is 62.4 Å². The fourth-order valence-electron chi connectivity index (χ4n) is 3.31. The van der Waals surface area contributed by atoms with E-state index < -0.39 is 27.3 Å². The second-order valence-corrected chi connectivity index (χ2v) is 9.25. The van der Waals surface area contributed by atoms with Crippen molar-refractivity contribution in [2.24, 2.45) is 10.2 Å². The number of rotatable bonds is 10. The molecule has 0 aliphatic carbocycles. The van der Waals surface area contributed by atoms with Crippen molar-refractivity contribution in [1.82, 2.24) is 9.88 Å². The number of benzene rings is 2. The van der Waals surface area contributed by atoms with E-state index in [-0.39, 0.29) is 34.3 Å². The van der Waals surface area contributed by atoms with Crippen molar-refractivity contribution in [3.8, 4) is 5.75 Å². The van der Waals surface area contributed by atoms with E-state index in [1.54, 1.807) is 17.0 Å². The molecule has 1 amide bonds. The Balaban J connectivity index is 1.83. The maximum atomic E-state index is 12.5. The fourth-order valence-corrected chi connectivity index (χ4v) is 4.32. The second kappa shape index (κ2) is 11.4. The molecule has 0 atom stereocenters. The van der Waals surface area contributed by atoms with Crippen LogP contribution in [0.2, 0.25) is 0 Å². The van der Waals surface area contributed by atoms with Gasteiger partial charge in [-0.25, -0.2) is 18.2 Å². The molecule has 1 heterocycles. The van der Waals surface area contributed by atoms with Crippen molar-refractivity contribution >= 4 is 39.1 Å². The number of anilines is 1. The normalized spacial score (nSPS) is 11.4. The van der Waals surface area contributed by atoms with E-state index in [4.69, 9.17) is 0 Å². The molecule has 12 heteroatoms. The van der Waals surface area contributed by atoms with Crippen molar-refractivity contribution in [3.63, 3.8) is 0 Å². The van der Waals surface area contributed by atoms with Crippen LogP contribution >= 0.6 is 0 Å². The molecule has 3 rings (SSSR count). The van der Waals surface area contributed by atoms with Crippen LogP contribution in [0.3, 0.4) is 0 Å². The highest BCUT2D eigenvalue weighted by molar-refractivity contribution is 7.92. The molecule has 0 fully saturated rings. The van der Waals surface area contributed by atoms with Gasteiger partial charge in [0.1, 0.15) is 17.1 Å². The highest BCUT2D eigenvalue weighted by atomic mass is 32.2. The van der Waals surface area contributed by atoms with Crippen LogP contribution in [0.15, 0.2) is 75.9 Å². The third-order valence-corrected chi connectivity index (χ3v) is 6.56. The Morgan fingerprint density at radius 3 is 2.25 bits per heavy atom. The van der Waals surface area contributed by atoms with Crippen molar-refractivity contribution in [2.75, 3.05) is 17.8 Å². The summed E-state index contributed by atoms with van der Waals surface area (Å²) in [5.41, 5.74) is 0.122. The van der Waals surface area contributed by atoms with E-state index in [1.165, 1.54) is 42.6 Å². The third-order valence-electron chi connectivity index (χ3n) is 5.19. The first kappa shape index (κ1) is 26.3. The monoisotopic (exact) mass is 511 g/mol. The van der Waals surface area contributed by atoms with Gasteiger partial charge in [0.05, 0.1) is 22.7 Å². The molecule has 188 valence electrons. The molecule has 0 saturated heterocycles. The molecule has 0 bridgehead atoms. The van der Waals surface area contributed by atoms with Crippen LogP contribution in [0.5, 0.6) is 5.75 Å². The number of azo groups is 1. The number of hydrogen-bond donors (Lipinski definition) is 3. The summed E-state index contributed by atoms with van der Waals surface area (Å²) >= 11 is 0. The standard InChI is InChI=1S/C24H25N5O6S/c1-3-29(4-2)22(30)14-16-13-18(15-20(23(16)31)24(32)33)27-26-17-8-10-19(11-9-17)36(34,35)28-21-7-5-6-12-25-21/h5-13,15,31H,3-4,14H2,1-2H3,(H,25,28)(H,32,33). The number of phenols is 1. The molecule has 0 unspecified atom stereocenters. The minimum Gasteiger partial charge on any atom is -0.507 e. The Hall–Kier alpha value is -4.32. The third kappa shape index (κ3) is 6.42. The predicted molar refractivity (Wildman–Crippen MR) is 132 cm³/mol. The van der Waals surface area contributed by atoms with Gasteiger partial charge < -0.3 is 15.1 Å². The lowest BCUT2D eigenvalue weighted by Crippen LogP contribution is -2.31. The number of likely N-dealkylation sites (N-methyl/N-ethyl adjacent to an activating group) is 1. The molecule has 3 aromatic rings. The van der Waals surface area contributed by atoms with Crippen molar-refractivity contribution in [3.05, 3.63) is 71.9 Å². The van der Waals surface area contributed by atoms with E-state index >= 15 is 0 Å². The maximum absolute atomic E-state index is 12.5. The molecule has 1 aromatic heterocycles. The first-order valence-corrected chi connectivity index (χ1v) is 12.5. The Morgan fingerprint density at radius 2 is 1.67 bits per heavy atom. The molecular weight excluding hydrogens is 486 g/mol. The zero-order valence-electron chi connectivity index (χ0n) is 19.6. The van der Waals surface area contributed by atoms with Crippen molar-refractivity contribution in [1.29, 1.82) is 0 Å². The molecule has 3 N–H and O–H groups in total. The minimum absolute atomic E-state index is 0.0119. The number of sulfonamides is 1. The molecule has 0 aliphatic rings. The zero-order chi connectivity index (χ0) is 26.3. The number of carbonyl (C=O) groups excluding carboxylic acids is 1. The number of carboxylic acids is 1. The largest absolute Gasteiger partial charge is 0.507 e. The zero-order valence-corrected chi connectivity index (χ0v) is 20.4. The van der Waals surface area contributed by atoms with Crippen LogP contribution < -0.4 is 4.72 Å². The molecule has 0 saturated carbocycles. The number of aromatic carboxylic acids is 1. The molecule has 2 aromatic carbocycles. The number of hydrogen-bond acceptors (Lipinski definition) is 8. The average Bonchev–Trinajstić information content (AvgIpc) is 2.85. The fraction of sp³-hybridized carbons (Fsp3) is 0.208. The topological polar surface area (TPSA) is 162 Å². The van der Waals surface area contributed by atoms with E-state index in [2.05, 4.69) is 19.9 Å². The van der Waals surface area contributed by atoms with Gasteiger partial charge in [0.25, 0.3) is 10.0 Å². The van der Waals surface area contributed by atoms with Gasteiger partial charge in [-0.1, -0.05) is 6.07 Å². The molecule has 36 heavy (non-hydrogen) atoms. The summed E-state index contributed by atoms with van der Waals surface area (Å²) in [7, 11) is -3.86. The number of aromatic nitrogens is 1. The first-order valence-electron chi connectivity index (χ1n) is 11.0. The molecule has 0 radical (unpaired) electrons. The highest BCUT2D eigenvalue weighted by Crippen LogP contribution is 2.31. The summed E-state index contributed by atoms with van der Waals surface area (Å²) in [6.07, 6.45) is 1.26. The van der Waals surface area contributed by atoms with Gasteiger partial charge in [0.15, 0.2) is 0 Å². The molecule has 0 aliphatic heterocycles. The SMILES string of the molecule is CCN(CC)C(=O)Cc1cc(N=Nc2ccc(S(=O)(=O)Nc3ccccn3)cc2)cc(C(=O)O)c1O. The number of nitrogens with zero attached hydrogens (tertiary/aromatic N) is 4. The van der Waals surface area contributed by atoms with Crippen LogP contribution in [0, 0.1) is 0 Å². The Bertz CT molecular complexity index is 1370. The van der Waals surface area contributed by atoms with E-state index in [9.17, 15) is 28.2 Å². The summed E-state index contributed by atoms with van der Waals surface area (Å²) in [6.45, 7) is 4.59. The number of nitrogens with one attached hydrogen (secondary N) is 1. The summed E-state index contributed by atoms with van der Waals surface area (Å²) in [6, 6.07) is 12.9. The predicted octanol–water partition coefficient (Wildman–Crippen LogP) is 4.11. The van der Waals surface area contributed by atoms with Gasteiger partial charge in [-0.2, -0.15) is 10.2 Å². The van der Waals surface area contributed by atoms with Crippen LogP contribution in [-0.2, 0) is 21.2 Å². The van der Waals surface area contributed by atoms with Crippen molar-refractivity contribution < 1.29 is 28.2 Å². The minimum atomic E-state index is -3.86. The highest BCUT2D eigenvalue weighted by Gasteiger charge is 2.20. The van der Waals surface area contributed by atoms with Crippen LogP contribution in [-0.4, -0.2) is 53.5 Å². The van der Waals surface area contributed by atoms with Gasteiger partial charge in [0, 0.05) is 24.8 Å². The molecular formula is C24H25N5O6S. The van der Waals surface area contributed by atoms with Crippen LogP contribution in [0.1, 0.15) is 29.8 Å². The number of carboxylic acid groups (broad SMARTS) is 1. The number of amides is 1. The number of pyridine rings is 1.